The molecule has 0 aliphatic carbocycles. The Kier molecular flexibility index (Phi) is 8.03. The van der Waals surface area contributed by atoms with E-state index in [9.17, 15) is 14.4 Å². The Morgan fingerprint density at radius 2 is 2.00 bits per heavy atom. The number of amides is 3. The van der Waals surface area contributed by atoms with Crippen molar-refractivity contribution in [3.05, 3.63) is 0 Å². The molecule has 0 radical (unpaired) electrons. The van der Waals surface area contributed by atoms with E-state index >= 15 is 0 Å². The van der Waals surface area contributed by atoms with Crippen molar-refractivity contribution in [1.82, 2.24) is 10.2 Å². The van der Waals surface area contributed by atoms with Gasteiger partial charge in [-0.3, -0.25) is 4.79 Å². The predicted molar refractivity (Wildman–Crippen MR) is 60.0 cm³/mol. The first-order valence-corrected chi connectivity index (χ1v) is 5.13. The summed E-state index contributed by atoms with van der Waals surface area (Å²) >= 11 is 0. The third-order valence-corrected chi connectivity index (χ3v) is 1.80. The van der Waals surface area contributed by atoms with Gasteiger partial charge in [0.1, 0.15) is 13.2 Å². The third-order valence-electron chi connectivity index (χ3n) is 1.80. The lowest BCUT2D eigenvalue weighted by Crippen LogP contribution is -2.45. The van der Waals surface area contributed by atoms with Crippen LogP contribution in [-0.4, -0.2) is 68.1 Å². The summed E-state index contributed by atoms with van der Waals surface area (Å²) < 4.78 is 9.16. The maximum atomic E-state index is 11.6. The van der Waals surface area contributed by atoms with Crippen LogP contribution in [0.1, 0.15) is 0 Å². The zero-order valence-corrected chi connectivity index (χ0v) is 10.0. The molecule has 0 fully saturated rings. The summed E-state index contributed by atoms with van der Waals surface area (Å²) in [4.78, 5) is 33.4. The molecule has 3 amide bonds. The molecule has 18 heavy (non-hydrogen) atoms. The second kappa shape index (κ2) is 9.05. The van der Waals surface area contributed by atoms with Gasteiger partial charge in [0, 0.05) is 13.7 Å². The number of rotatable bonds is 8. The Morgan fingerprint density at radius 3 is 2.50 bits per heavy atom. The number of aliphatic carboxylic acids is 1. The lowest BCUT2D eigenvalue weighted by molar-refractivity contribution is -0.137. The number of carboxylic acid groups (broad SMARTS) is 1. The van der Waals surface area contributed by atoms with Gasteiger partial charge < -0.3 is 30.5 Å². The number of carbonyl (C=O) groups is 3. The largest absolute Gasteiger partial charge is 0.480 e. The molecule has 0 saturated carbocycles. The van der Waals surface area contributed by atoms with Crippen molar-refractivity contribution in [2.45, 2.75) is 0 Å². The van der Waals surface area contributed by atoms with E-state index in [1.165, 1.54) is 7.11 Å². The molecule has 0 atom stereocenters. The number of hydrogen-bond donors (Lipinski definition) is 3. The van der Waals surface area contributed by atoms with E-state index in [-0.39, 0.29) is 26.3 Å². The molecule has 0 aliphatic heterocycles. The summed E-state index contributed by atoms with van der Waals surface area (Å²) in [5.41, 5.74) is 4.72. The minimum Gasteiger partial charge on any atom is -0.480 e. The summed E-state index contributed by atoms with van der Waals surface area (Å²) in [5, 5.41) is 11.0. The maximum absolute atomic E-state index is 11.6. The molecule has 0 aliphatic rings. The van der Waals surface area contributed by atoms with Crippen LogP contribution >= 0.6 is 0 Å². The molecule has 0 rings (SSSR count). The van der Waals surface area contributed by atoms with Gasteiger partial charge >= 0.3 is 18.1 Å². The van der Waals surface area contributed by atoms with Crippen LogP contribution in [0.2, 0.25) is 0 Å². The molecule has 0 aromatic carbocycles. The quantitative estimate of drug-likeness (QED) is 0.472. The van der Waals surface area contributed by atoms with Gasteiger partial charge in [0.2, 0.25) is 0 Å². The van der Waals surface area contributed by atoms with Crippen molar-refractivity contribution in [3.63, 3.8) is 0 Å². The molecule has 9 heteroatoms. The van der Waals surface area contributed by atoms with Crippen LogP contribution < -0.4 is 11.1 Å². The summed E-state index contributed by atoms with van der Waals surface area (Å²) in [6.45, 7) is -0.104. The second-order valence-corrected chi connectivity index (χ2v) is 3.21. The SMILES string of the molecule is COCCN(CC(=O)O)C(=O)NCCOC(N)=O. The van der Waals surface area contributed by atoms with Crippen molar-refractivity contribution in [2.24, 2.45) is 5.73 Å². The number of primary amides is 1. The lowest BCUT2D eigenvalue weighted by atomic mass is 10.5. The average Bonchev–Trinajstić information content (AvgIpc) is 2.29. The fraction of sp³-hybridized carbons (Fsp3) is 0.667. The van der Waals surface area contributed by atoms with Gasteiger partial charge in [0.05, 0.1) is 13.2 Å². The second-order valence-electron chi connectivity index (χ2n) is 3.21. The number of methoxy groups -OCH3 is 1. The Morgan fingerprint density at radius 1 is 1.33 bits per heavy atom. The van der Waals surface area contributed by atoms with Gasteiger partial charge in [-0.25, -0.2) is 9.59 Å². The first-order valence-electron chi connectivity index (χ1n) is 5.13. The van der Waals surface area contributed by atoms with Gasteiger partial charge in [-0.1, -0.05) is 0 Å². The number of urea groups is 1. The van der Waals surface area contributed by atoms with Crippen LogP contribution in [0.25, 0.3) is 0 Å². The maximum Gasteiger partial charge on any atom is 0.404 e. The predicted octanol–water partition coefficient (Wildman–Crippen LogP) is -1.18. The van der Waals surface area contributed by atoms with E-state index in [0.29, 0.717) is 0 Å². The van der Waals surface area contributed by atoms with Crippen LogP contribution in [0.3, 0.4) is 0 Å². The Labute approximate surface area is 104 Å². The highest BCUT2D eigenvalue weighted by molar-refractivity contribution is 5.80. The monoisotopic (exact) mass is 263 g/mol. The average molecular weight is 263 g/mol. The normalized spacial score (nSPS) is 9.61. The fourth-order valence-corrected chi connectivity index (χ4v) is 1.04. The van der Waals surface area contributed by atoms with E-state index in [1.54, 1.807) is 0 Å². The highest BCUT2D eigenvalue weighted by Gasteiger charge is 2.15. The van der Waals surface area contributed by atoms with E-state index in [1.807, 2.05) is 0 Å². The molecule has 0 bridgehead atoms. The molecule has 0 heterocycles. The van der Waals surface area contributed by atoms with E-state index in [0.717, 1.165) is 4.90 Å². The molecule has 0 spiro atoms. The Hall–Kier alpha value is -2.03. The number of nitrogens with two attached hydrogens (primary N) is 1. The Balaban J connectivity index is 4.03. The van der Waals surface area contributed by atoms with Crippen molar-refractivity contribution >= 4 is 18.1 Å². The molecule has 0 aromatic heterocycles. The van der Waals surface area contributed by atoms with E-state index in [2.05, 4.69) is 10.1 Å². The number of nitrogens with zero attached hydrogens (tertiary/aromatic N) is 1. The molecule has 0 unspecified atom stereocenters. The van der Waals surface area contributed by atoms with E-state index < -0.39 is 24.6 Å². The first-order chi connectivity index (χ1) is 8.47. The van der Waals surface area contributed by atoms with Crippen molar-refractivity contribution in [1.29, 1.82) is 0 Å². The molecule has 104 valence electrons. The number of hydrogen-bond acceptors (Lipinski definition) is 5. The van der Waals surface area contributed by atoms with Gasteiger partial charge in [-0.05, 0) is 0 Å². The molecular formula is C9H17N3O6. The number of nitrogens with one attached hydrogen (secondary N) is 1. The smallest absolute Gasteiger partial charge is 0.404 e. The lowest BCUT2D eigenvalue weighted by Gasteiger charge is -2.20. The van der Waals surface area contributed by atoms with Gasteiger partial charge in [-0.2, -0.15) is 0 Å². The highest BCUT2D eigenvalue weighted by Crippen LogP contribution is 1.90. The van der Waals surface area contributed by atoms with Crippen LogP contribution in [0, 0.1) is 0 Å². The topological polar surface area (TPSA) is 131 Å². The minimum absolute atomic E-state index is 0.0465. The van der Waals surface area contributed by atoms with Crippen LogP contribution in [0.4, 0.5) is 9.59 Å². The Bertz CT molecular complexity index is 296. The summed E-state index contributed by atoms with van der Waals surface area (Å²) in [6, 6.07) is -0.581. The molecule has 9 nitrogen and oxygen atoms in total. The number of carbonyl (C=O) groups excluding carboxylic acids is 2. The fourth-order valence-electron chi connectivity index (χ4n) is 1.04. The zero-order chi connectivity index (χ0) is 14.0. The summed E-state index contributed by atoms with van der Waals surface area (Å²) in [6.07, 6.45) is -0.939. The molecule has 0 saturated heterocycles. The number of ether oxygens (including phenoxy) is 2. The van der Waals surface area contributed by atoms with Gasteiger partial charge in [0.15, 0.2) is 0 Å². The van der Waals surface area contributed by atoms with Gasteiger partial charge in [-0.15, -0.1) is 0 Å². The molecular weight excluding hydrogens is 246 g/mol. The van der Waals surface area contributed by atoms with Crippen LogP contribution in [-0.2, 0) is 14.3 Å². The first kappa shape index (κ1) is 16.0. The molecule has 0 aromatic rings. The molecule has 4 N–H and O–H groups in total. The van der Waals surface area contributed by atoms with Crippen LogP contribution in [0.15, 0.2) is 0 Å². The van der Waals surface area contributed by atoms with Crippen molar-refractivity contribution in [2.75, 3.05) is 40.0 Å². The standard InChI is InChI=1S/C9H17N3O6/c1-17-5-3-12(6-7(13)14)9(16)11-2-4-18-8(10)15/h2-6H2,1H3,(H2,10,15)(H,11,16)(H,13,14). The van der Waals surface area contributed by atoms with Gasteiger partial charge in [0.25, 0.3) is 0 Å². The summed E-state index contributed by atoms with van der Waals surface area (Å²) in [7, 11) is 1.44. The van der Waals surface area contributed by atoms with Crippen molar-refractivity contribution < 1.29 is 29.0 Å². The van der Waals surface area contributed by atoms with Crippen molar-refractivity contribution in [3.8, 4) is 0 Å². The third kappa shape index (κ3) is 8.16. The number of carboxylic acids is 1. The zero-order valence-electron chi connectivity index (χ0n) is 10.0. The van der Waals surface area contributed by atoms with E-state index in [4.69, 9.17) is 15.6 Å². The highest BCUT2D eigenvalue weighted by atomic mass is 16.5. The van der Waals surface area contributed by atoms with Crippen LogP contribution in [0.5, 0.6) is 0 Å². The minimum atomic E-state index is -1.13. The summed E-state index contributed by atoms with van der Waals surface area (Å²) in [5.74, 6) is -1.13.